The maximum absolute atomic E-state index is 11.5. The number of carbonyl (C=O) groups is 2. The van der Waals surface area contributed by atoms with Crippen LogP contribution in [0.1, 0.15) is 78.6 Å². The topological polar surface area (TPSA) is 43.4 Å². The van der Waals surface area contributed by atoms with Crippen molar-refractivity contribution in [1.82, 2.24) is 0 Å². The molecule has 0 bridgehead atoms. The number of rotatable bonds is 12. The molecule has 0 spiro atoms. The Hall–Kier alpha value is -1.12. The van der Waals surface area contributed by atoms with Crippen molar-refractivity contribution in [1.29, 1.82) is 0 Å². The number of carbonyl (C=O) groups excluding carboxylic acids is 2. The third-order valence-corrected chi connectivity index (χ3v) is 3.28. The fraction of sp³-hybridized carbons (Fsp3) is 0.765. The molecule has 0 aromatic carbocycles. The van der Waals surface area contributed by atoms with Gasteiger partial charge >= 0.3 is 5.97 Å². The Labute approximate surface area is 123 Å². The van der Waals surface area contributed by atoms with Gasteiger partial charge in [0.2, 0.25) is 0 Å². The summed E-state index contributed by atoms with van der Waals surface area (Å²) in [6, 6.07) is 0. The monoisotopic (exact) mass is 282 g/mol. The molecular weight excluding hydrogens is 252 g/mol. The number of hydrogen-bond acceptors (Lipinski definition) is 3. The van der Waals surface area contributed by atoms with Crippen molar-refractivity contribution < 1.29 is 14.3 Å². The zero-order chi connectivity index (χ0) is 15.2. The molecule has 0 aromatic heterocycles. The second-order valence-corrected chi connectivity index (χ2v) is 5.16. The predicted molar refractivity (Wildman–Crippen MR) is 82.6 cm³/mol. The van der Waals surface area contributed by atoms with Crippen LogP contribution in [-0.2, 0) is 14.3 Å². The number of Topliss-reactive ketones (excluding diaryl/α,β-unsaturated/α-hetero) is 1. The maximum Gasteiger partial charge on any atom is 0.341 e. The molecule has 0 rings (SSSR count). The highest BCUT2D eigenvalue weighted by atomic mass is 16.5. The van der Waals surface area contributed by atoms with E-state index in [0.29, 0.717) is 6.61 Å². The number of ketones is 1. The van der Waals surface area contributed by atoms with Crippen molar-refractivity contribution in [3.05, 3.63) is 11.6 Å². The lowest BCUT2D eigenvalue weighted by atomic mass is 10.1. The summed E-state index contributed by atoms with van der Waals surface area (Å²) in [6.07, 6.45) is 12.5. The molecule has 0 saturated carbocycles. The number of allylic oxidation sites excluding steroid dienone is 1. The van der Waals surface area contributed by atoms with Crippen molar-refractivity contribution in [3.8, 4) is 0 Å². The maximum atomic E-state index is 11.5. The van der Waals surface area contributed by atoms with Crippen LogP contribution in [0.25, 0.3) is 0 Å². The summed E-state index contributed by atoms with van der Waals surface area (Å²) in [5.74, 6) is -0.692. The van der Waals surface area contributed by atoms with Crippen LogP contribution < -0.4 is 0 Å². The van der Waals surface area contributed by atoms with Gasteiger partial charge in [-0.2, -0.15) is 0 Å². The molecule has 0 aliphatic carbocycles. The minimum atomic E-state index is -0.487. The first-order chi connectivity index (χ1) is 9.63. The minimum Gasteiger partial charge on any atom is -0.462 e. The van der Waals surface area contributed by atoms with Gasteiger partial charge in [-0.15, -0.1) is 0 Å². The minimum absolute atomic E-state index is 0.204. The van der Waals surface area contributed by atoms with E-state index >= 15 is 0 Å². The molecule has 0 saturated heterocycles. The number of ether oxygens (including phenoxy) is 1. The number of esters is 1. The van der Waals surface area contributed by atoms with Crippen LogP contribution >= 0.6 is 0 Å². The van der Waals surface area contributed by atoms with Crippen LogP contribution in [0.3, 0.4) is 0 Å². The molecule has 0 heterocycles. The zero-order valence-corrected chi connectivity index (χ0v) is 13.4. The molecule has 0 aromatic rings. The highest BCUT2D eigenvalue weighted by Crippen LogP contribution is 2.11. The van der Waals surface area contributed by atoms with Crippen molar-refractivity contribution in [3.63, 3.8) is 0 Å². The first-order valence-electron chi connectivity index (χ1n) is 8.01. The molecule has 0 aliphatic heterocycles. The molecule has 116 valence electrons. The van der Waals surface area contributed by atoms with Crippen LogP contribution in [-0.4, -0.2) is 18.4 Å². The molecule has 0 N–H and O–H groups in total. The molecule has 3 heteroatoms. The third-order valence-electron chi connectivity index (χ3n) is 3.28. The Morgan fingerprint density at radius 2 is 1.45 bits per heavy atom. The SMILES string of the molecule is CCCCCCCCCC/C=C(/C(C)=O)C(=O)OCC. The van der Waals surface area contributed by atoms with Gasteiger partial charge in [-0.3, -0.25) is 4.79 Å². The first kappa shape index (κ1) is 18.9. The zero-order valence-electron chi connectivity index (χ0n) is 13.4. The highest BCUT2D eigenvalue weighted by molar-refractivity contribution is 6.16. The third kappa shape index (κ3) is 9.76. The normalized spacial score (nSPS) is 11.4. The van der Waals surface area contributed by atoms with Gasteiger partial charge in [0.15, 0.2) is 5.78 Å². The van der Waals surface area contributed by atoms with Crippen molar-refractivity contribution >= 4 is 11.8 Å². The van der Waals surface area contributed by atoms with E-state index in [-0.39, 0.29) is 11.4 Å². The summed E-state index contributed by atoms with van der Waals surface area (Å²) in [5.41, 5.74) is 0.204. The van der Waals surface area contributed by atoms with Crippen LogP contribution in [0.5, 0.6) is 0 Å². The molecular formula is C17H30O3. The van der Waals surface area contributed by atoms with Gasteiger partial charge in [0.1, 0.15) is 0 Å². The molecule has 0 fully saturated rings. The average Bonchev–Trinajstić information content (AvgIpc) is 2.40. The van der Waals surface area contributed by atoms with E-state index in [4.69, 9.17) is 4.74 Å². The van der Waals surface area contributed by atoms with Crippen molar-refractivity contribution in [2.45, 2.75) is 78.6 Å². The van der Waals surface area contributed by atoms with E-state index in [1.165, 1.54) is 45.4 Å². The second kappa shape index (κ2) is 12.9. The van der Waals surface area contributed by atoms with Gasteiger partial charge in [0.05, 0.1) is 12.2 Å². The Balaban J connectivity index is 3.79. The van der Waals surface area contributed by atoms with E-state index in [9.17, 15) is 9.59 Å². The highest BCUT2D eigenvalue weighted by Gasteiger charge is 2.14. The molecule has 0 amide bonds. The quantitative estimate of drug-likeness (QED) is 0.173. The van der Waals surface area contributed by atoms with Crippen LogP contribution in [0.2, 0.25) is 0 Å². The summed E-state index contributed by atoms with van der Waals surface area (Å²) in [4.78, 5) is 22.9. The van der Waals surface area contributed by atoms with Crippen LogP contribution in [0.15, 0.2) is 11.6 Å². The van der Waals surface area contributed by atoms with E-state index in [0.717, 1.165) is 19.3 Å². The summed E-state index contributed by atoms with van der Waals surface area (Å²) in [7, 11) is 0. The molecule has 0 unspecified atom stereocenters. The Kier molecular flexibility index (Phi) is 12.2. The first-order valence-corrected chi connectivity index (χ1v) is 8.01. The Morgan fingerprint density at radius 1 is 0.900 bits per heavy atom. The van der Waals surface area contributed by atoms with E-state index < -0.39 is 5.97 Å². The Bertz CT molecular complexity index is 305. The van der Waals surface area contributed by atoms with Crippen molar-refractivity contribution in [2.75, 3.05) is 6.61 Å². The lowest BCUT2D eigenvalue weighted by Gasteiger charge is -2.04. The fourth-order valence-corrected chi connectivity index (χ4v) is 2.10. The van der Waals surface area contributed by atoms with E-state index in [1.54, 1.807) is 13.0 Å². The van der Waals surface area contributed by atoms with Gasteiger partial charge in [-0.05, 0) is 26.7 Å². The second-order valence-electron chi connectivity index (χ2n) is 5.16. The summed E-state index contributed by atoms with van der Waals surface area (Å²) in [5, 5.41) is 0. The van der Waals surface area contributed by atoms with Gasteiger partial charge in [-0.1, -0.05) is 57.9 Å². The van der Waals surface area contributed by atoms with Crippen molar-refractivity contribution in [2.24, 2.45) is 0 Å². The van der Waals surface area contributed by atoms with Gasteiger partial charge in [-0.25, -0.2) is 4.79 Å². The molecule has 20 heavy (non-hydrogen) atoms. The lowest BCUT2D eigenvalue weighted by Crippen LogP contribution is -2.13. The number of hydrogen-bond donors (Lipinski definition) is 0. The van der Waals surface area contributed by atoms with E-state index in [1.807, 2.05) is 0 Å². The summed E-state index contributed by atoms with van der Waals surface area (Å²) >= 11 is 0. The molecule has 0 atom stereocenters. The summed E-state index contributed by atoms with van der Waals surface area (Å²) < 4.78 is 4.87. The fourth-order valence-electron chi connectivity index (χ4n) is 2.10. The lowest BCUT2D eigenvalue weighted by molar-refractivity contribution is -0.139. The van der Waals surface area contributed by atoms with Gasteiger partial charge < -0.3 is 4.74 Å². The Morgan fingerprint density at radius 3 is 1.95 bits per heavy atom. The van der Waals surface area contributed by atoms with Gasteiger partial charge in [0.25, 0.3) is 0 Å². The summed E-state index contributed by atoms with van der Waals surface area (Å²) in [6.45, 7) is 5.69. The van der Waals surface area contributed by atoms with Gasteiger partial charge in [0, 0.05) is 0 Å². The molecule has 0 aliphatic rings. The predicted octanol–water partition coefficient (Wildman–Crippen LogP) is 4.60. The smallest absolute Gasteiger partial charge is 0.341 e. The van der Waals surface area contributed by atoms with Crippen LogP contribution in [0.4, 0.5) is 0 Å². The number of unbranched alkanes of at least 4 members (excludes halogenated alkanes) is 8. The molecule has 0 radical (unpaired) electrons. The average molecular weight is 282 g/mol. The van der Waals surface area contributed by atoms with E-state index in [2.05, 4.69) is 6.92 Å². The molecule has 3 nitrogen and oxygen atoms in total. The largest absolute Gasteiger partial charge is 0.462 e. The standard InChI is InChI=1S/C17H30O3/c1-4-6-7-8-9-10-11-12-13-14-16(15(3)18)17(19)20-5-2/h14H,4-13H2,1-3H3/b16-14-. The van der Waals surface area contributed by atoms with Crippen LogP contribution in [0, 0.1) is 0 Å².